The van der Waals surface area contributed by atoms with E-state index in [1.54, 1.807) is 22.9 Å². The monoisotopic (exact) mass is 362 g/mol. The van der Waals surface area contributed by atoms with Gasteiger partial charge in [0.15, 0.2) is 0 Å². The average molecular weight is 362 g/mol. The summed E-state index contributed by atoms with van der Waals surface area (Å²) in [6, 6.07) is 18.7. The van der Waals surface area contributed by atoms with Gasteiger partial charge in [-0.25, -0.2) is 4.39 Å². The predicted molar refractivity (Wildman–Crippen MR) is 98.2 cm³/mol. The molecule has 0 atom stereocenters. The van der Waals surface area contributed by atoms with E-state index in [2.05, 4.69) is 15.5 Å². The van der Waals surface area contributed by atoms with Crippen LogP contribution in [0.25, 0.3) is 23.0 Å². The summed E-state index contributed by atoms with van der Waals surface area (Å²) in [5, 5.41) is 6.73. The zero-order chi connectivity index (χ0) is 18.6. The lowest BCUT2D eigenvalue weighted by Gasteiger charge is -2.08. The van der Waals surface area contributed by atoms with Crippen molar-refractivity contribution in [3.63, 3.8) is 0 Å². The number of anilines is 1. The first-order valence-corrected chi connectivity index (χ1v) is 8.29. The van der Waals surface area contributed by atoms with Crippen molar-refractivity contribution in [3.05, 3.63) is 78.7 Å². The van der Waals surface area contributed by atoms with Crippen molar-refractivity contribution in [2.45, 2.75) is 6.54 Å². The van der Waals surface area contributed by atoms with Gasteiger partial charge in [-0.15, -0.1) is 0 Å². The van der Waals surface area contributed by atoms with Crippen molar-refractivity contribution >= 4 is 11.6 Å². The van der Waals surface area contributed by atoms with E-state index in [0.717, 1.165) is 5.56 Å². The molecular weight excluding hydrogens is 347 g/mol. The lowest BCUT2D eigenvalue weighted by atomic mass is 10.2. The van der Waals surface area contributed by atoms with Crippen LogP contribution < -0.4 is 5.32 Å². The normalized spacial score (nSPS) is 10.7. The molecule has 0 fully saturated rings. The minimum atomic E-state index is -0.355. The topological polar surface area (TPSA) is 73.0 Å². The fourth-order valence-corrected chi connectivity index (χ4v) is 2.67. The third kappa shape index (κ3) is 3.77. The van der Waals surface area contributed by atoms with E-state index >= 15 is 0 Å². The smallest absolute Gasteiger partial charge is 0.274 e. The first-order valence-electron chi connectivity index (χ1n) is 8.29. The molecule has 7 heteroatoms. The molecule has 0 spiro atoms. The Morgan fingerprint density at radius 1 is 1.04 bits per heavy atom. The third-order valence-corrected chi connectivity index (χ3v) is 3.95. The molecule has 0 aliphatic heterocycles. The van der Waals surface area contributed by atoms with E-state index in [0.29, 0.717) is 23.1 Å². The number of carbonyl (C=O) groups is 1. The molecule has 4 rings (SSSR count). The molecule has 2 heterocycles. The average Bonchev–Trinajstić information content (AvgIpc) is 3.33. The van der Waals surface area contributed by atoms with Gasteiger partial charge in [0.05, 0.1) is 0 Å². The van der Waals surface area contributed by atoms with Crippen LogP contribution in [-0.4, -0.2) is 20.6 Å². The second-order valence-electron chi connectivity index (χ2n) is 5.87. The Hall–Kier alpha value is -3.74. The fraction of sp³-hybridized carbons (Fsp3) is 0.0500. The number of carbonyl (C=O) groups excluding carboxylic acids is 1. The second-order valence-corrected chi connectivity index (χ2v) is 5.87. The number of halogens is 1. The van der Waals surface area contributed by atoms with Gasteiger partial charge >= 0.3 is 0 Å². The number of aromatic nitrogens is 3. The van der Waals surface area contributed by atoms with Crippen LogP contribution in [0.1, 0.15) is 0 Å². The maximum Gasteiger partial charge on any atom is 0.274 e. The van der Waals surface area contributed by atoms with Crippen LogP contribution in [0, 0.1) is 5.82 Å². The van der Waals surface area contributed by atoms with Crippen LogP contribution in [0.4, 0.5) is 10.1 Å². The Labute approximate surface area is 154 Å². The Bertz CT molecular complexity index is 1060. The molecule has 27 heavy (non-hydrogen) atoms. The lowest BCUT2D eigenvalue weighted by Crippen LogP contribution is -2.18. The van der Waals surface area contributed by atoms with Gasteiger partial charge < -0.3 is 14.4 Å². The van der Waals surface area contributed by atoms with Crippen molar-refractivity contribution in [1.82, 2.24) is 14.7 Å². The molecule has 0 saturated heterocycles. The number of hydrogen-bond acceptors (Lipinski definition) is 4. The lowest BCUT2D eigenvalue weighted by molar-refractivity contribution is -0.116. The van der Waals surface area contributed by atoms with Crippen LogP contribution >= 0.6 is 0 Å². The van der Waals surface area contributed by atoms with Gasteiger partial charge in [0.1, 0.15) is 18.1 Å². The zero-order valence-corrected chi connectivity index (χ0v) is 14.2. The molecule has 1 N–H and O–H groups in total. The molecule has 4 aromatic rings. The molecule has 0 bridgehead atoms. The minimum absolute atomic E-state index is 0.0583. The van der Waals surface area contributed by atoms with E-state index in [-0.39, 0.29) is 18.3 Å². The largest absolute Gasteiger partial charge is 0.334 e. The maximum absolute atomic E-state index is 13.0. The highest BCUT2D eigenvalue weighted by atomic mass is 19.1. The molecule has 0 radical (unpaired) electrons. The van der Waals surface area contributed by atoms with Crippen molar-refractivity contribution in [2.75, 3.05) is 5.32 Å². The molecular formula is C20H15FN4O2. The summed E-state index contributed by atoms with van der Waals surface area (Å²) in [6.45, 7) is 0.0583. The Kier molecular flexibility index (Phi) is 4.49. The molecule has 0 aliphatic rings. The summed E-state index contributed by atoms with van der Waals surface area (Å²) >= 11 is 0. The van der Waals surface area contributed by atoms with E-state index < -0.39 is 0 Å². The first-order chi connectivity index (χ1) is 13.2. The third-order valence-electron chi connectivity index (χ3n) is 3.95. The number of nitrogens with zero attached hydrogens (tertiary/aromatic N) is 3. The van der Waals surface area contributed by atoms with Gasteiger partial charge in [0.2, 0.25) is 11.7 Å². The van der Waals surface area contributed by atoms with Crippen LogP contribution in [-0.2, 0) is 11.3 Å². The Balaban J connectivity index is 1.50. The highest BCUT2D eigenvalue weighted by Gasteiger charge is 2.15. The van der Waals surface area contributed by atoms with Crippen molar-refractivity contribution in [1.29, 1.82) is 0 Å². The van der Waals surface area contributed by atoms with Gasteiger partial charge in [-0.2, -0.15) is 4.98 Å². The van der Waals surface area contributed by atoms with Crippen LogP contribution in [0.5, 0.6) is 0 Å². The molecule has 0 aliphatic carbocycles. The quantitative estimate of drug-likeness (QED) is 0.583. The highest BCUT2D eigenvalue weighted by molar-refractivity contribution is 5.90. The molecule has 0 saturated carbocycles. The van der Waals surface area contributed by atoms with E-state index in [1.807, 2.05) is 30.3 Å². The number of amides is 1. The Morgan fingerprint density at radius 3 is 2.59 bits per heavy atom. The van der Waals surface area contributed by atoms with Crippen molar-refractivity contribution in [2.24, 2.45) is 0 Å². The molecule has 2 aromatic carbocycles. The summed E-state index contributed by atoms with van der Waals surface area (Å²) in [4.78, 5) is 16.7. The zero-order valence-electron chi connectivity index (χ0n) is 14.2. The number of nitrogens with one attached hydrogen (secondary N) is 1. The molecule has 0 unspecified atom stereocenters. The van der Waals surface area contributed by atoms with Crippen LogP contribution in [0.2, 0.25) is 0 Å². The second kappa shape index (κ2) is 7.25. The van der Waals surface area contributed by atoms with Crippen molar-refractivity contribution in [3.8, 4) is 23.0 Å². The van der Waals surface area contributed by atoms with Gasteiger partial charge in [-0.3, -0.25) is 4.79 Å². The Morgan fingerprint density at radius 2 is 1.81 bits per heavy atom. The minimum Gasteiger partial charge on any atom is -0.334 e. The molecule has 2 aromatic heterocycles. The van der Waals surface area contributed by atoms with Crippen LogP contribution in [0.15, 0.2) is 77.4 Å². The predicted octanol–water partition coefficient (Wildman–Crippen LogP) is 3.98. The van der Waals surface area contributed by atoms with Gasteiger partial charge in [0.25, 0.3) is 5.89 Å². The van der Waals surface area contributed by atoms with E-state index in [9.17, 15) is 9.18 Å². The fourth-order valence-electron chi connectivity index (χ4n) is 2.67. The molecule has 1 amide bonds. The number of hydrogen-bond donors (Lipinski definition) is 1. The summed E-state index contributed by atoms with van der Waals surface area (Å²) < 4.78 is 20.0. The SMILES string of the molecule is O=C(Cn1cccc1-c1nc(-c2ccccc2)no1)Nc1ccc(F)cc1. The first kappa shape index (κ1) is 16.7. The van der Waals surface area contributed by atoms with Gasteiger partial charge in [0, 0.05) is 17.4 Å². The van der Waals surface area contributed by atoms with E-state index in [4.69, 9.17) is 4.52 Å². The van der Waals surface area contributed by atoms with E-state index in [1.165, 1.54) is 24.3 Å². The van der Waals surface area contributed by atoms with Crippen molar-refractivity contribution < 1.29 is 13.7 Å². The standard InChI is InChI=1S/C20H15FN4O2/c21-15-8-10-16(11-9-15)22-18(26)13-25-12-4-7-17(25)20-23-19(24-27-20)14-5-2-1-3-6-14/h1-12H,13H2,(H,22,26). The molecule has 134 valence electrons. The summed E-state index contributed by atoms with van der Waals surface area (Å²) in [5.41, 5.74) is 2.01. The summed E-state index contributed by atoms with van der Waals surface area (Å²) in [7, 11) is 0. The number of benzene rings is 2. The maximum atomic E-state index is 13.0. The summed E-state index contributed by atoms with van der Waals surface area (Å²) in [6.07, 6.45) is 1.76. The molecule has 6 nitrogen and oxygen atoms in total. The summed E-state index contributed by atoms with van der Waals surface area (Å²) in [5.74, 6) is 0.204. The highest BCUT2D eigenvalue weighted by Crippen LogP contribution is 2.22. The van der Waals surface area contributed by atoms with Gasteiger partial charge in [-0.05, 0) is 36.4 Å². The van der Waals surface area contributed by atoms with Crippen LogP contribution in [0.3, 0.4) is 0 Å². The number of rotatable bonds is 5. The van der Waals surface area contributed by atoms with Gasteiger partial charge in [-0.1, -0.05) is 35.5 Å².